The fraction of sp³-hybridized carbons (Fsp3) is 0. The van der Waals surface area contributed by atoms with Crippen molar-refractivity contribution >= 4 is 29.0 Å². The molecular formula is C14H9ClN6O3. The van der Waals surface area contributed by atoms with Gasteiger partial charge in [0.1, 0.15) is 24.3 Å². The predicted molar refractivity (Wildman–Crippen MR) is 85.2 cm³/mol. The molecule has 0 saturated carbocycles. The number of non-ortho nitro benzene ring substituents is 1. The van der Waals surface area contributed by atoms with Crippen LogP contribution in [0.4, 0.5) is 11.5 Å². The standard InChI is InChI=1S/C14H9ClN6O3/c15-11-5-9(21(23)24)1-2-10(11)14(22)19-12-6-13(18-7-17-12)20-4-3-16-8-20/h1-8H,(H,17,18,19,22). The average Bonchev–Trinajstić information content (AvgIpc) is 3.09. The third-order valence-electron chi connectivity index (χ3n) is 3.07. The number of rotatable bonds is 4. The number of anilines is 1. The van der Waals surface area contributed by atoms with E-state index in [1.165, 1.54) is 18.5 Å². The third-order valence-corrected chi connectivity index (χ3v) is 3.38. The van der Waals surface area contributed by atoms with Gasteiger partial charge in [-0.2, -0.15) is 0 Å². The molecule has 0 fully saturated rings. The fourth-order valence-corrected chi connectivity index (χ4v) is 2.20. The Kier molecular flexibility index (Phi) is 4.17. The largest absolute Gasteiger partial charge is 0.306 e. The number of carbonyl (C=O) groups is 1. The van der Waals surface area contributed by atoms with E-state index in [9.17, 15) is 14.9 Å². The Bertz CT molecular complexity index is 913. The highest BCUT2D eigenvalue weighted by molar-refractivity contribution is 6.34. The van der Waals surface area contributed by atoms with Crippen LogP contribution in [0.3, 0.4) is 0 Å². The van der Waals surface area contributed by atoms with E-state index in [1.54, 1.807) is 29.4 Å². The molecule has 3 aromatic rings. The van der Waals surface area contributed by atoms with Gasteiger partial charge < -0.3 is 5.32 Å². The van der Waals surface area contributed by atoms with Crippen LogP contribution in [0.2, 0.25) is 5.02 Å². The zero-order valence-corrected chi connectivity index (χ0v) is 12.7. The summed E-state index contributed by atoms with van der Waals surface area (Å²) in [6.07, 6.45) is 6.14. The Morgan fingerprint density at radius 2 is 2.12 bits per heavy atom. The van der Waals surface area contributed by atoms with Crippen molar-refractivity contribution < 1.29 is 9.72 Å². The van der Waals surface area contributed by atoms with E-state index in [1.807, 2.05) is 0 Å². The van der Waals surface area contributed by atoms with E-state index < -0.39 is 10.8 Å². The van der Waals surface area contributed by atoms with Crippen LogP contribution in [-0.4, -0.2) is 30.3 Å². The van der Waals surface area contributed by atoms with Crippen molar-refractivity contribution in [3.05, 3.63) is 70.0 Å². The molecule has 0 saturated heterocycles. The Morgan fingerprint density at radius 1 is 1.29 bits per heavy atom. The second kappa shape index (κ2) is 6.42. The van der Waals surface area contributed by atoms with Gasteiger partial charge in [-0.15, -0.1) is 0 Å². The lowest BCUT2D eigenvalue weighted by Crippen LogP contribution is -2.14. The first kappa shape index (κ1) is 15.6. The van der Waals surface area contributed by atoms with E-state index >= 15 is 0 Å². The Hall–Kier alpha value is -3.33. The van der Waals surface area contributed by atoms with E-state index in [0.717, 1.165) is 6.07 Å². The summed E-state index contributed by atoms with van der Waals surface area (Å²) in [6.45, 7) is 0. The van der Waals surface area contributed by atoms with Gasteiger partial charge in [0, 0.05) is 30.6 Å². The zero-order chi connectivity index (χ0) is 17.1. The van der Waals surface area contributed by atoms with E-state index in [4.69, 9.17) is 11.6 Å². The second-order valence-corrected chi connectivity index (χ2v) is 5.01. The molecule has 3 rings (SSSR count). The molecule has 0 aliphatic rings. The monoisotopic (exact) mass is 344 g/mol. The van der Waals surface area contributed by atoms with Crippen molar-refractivity contribution in [2.24, 2.45) is 0 Å². The van der Waals surface area contributed by atoms with Gasteiger partial charge in [-0.3, -0.25) is 19.5 Å². The minimum atomic E-state index is -0.588. The normalized spacial score (nSPS) is 10.4. The van der Waals surface area contributed by atoms with Gasteiger partial charge in [0.25, 0.3) is 11.6 Å². The van der Waals surface area contributed by atoms with E-state index in [-0.39, 0.29) is 22.1 Å². The molecule has 2 heterocycles. The summed E-state index contributed by atoms with van der Waals surface area (Å²) < 4.78 is 1.65. The molecule has 10 heteroatoms. The summed E-state index contributed by atoms with van der Waals surface area (Å²) in [4.78, 5) is 34.3. The number of benzene rings is 1. The molecule has 0 spiro atoms. The highest BCUT2D eigenvalue weighted by Crippen LogP contribution is 2.23. The summed E-state index contributed by atoms with van der Waals surface area (Å²) in [7, 11) is 0. The number of nitrogens with zero attached hydrogens (tertiary/aromatic N) is 5. The topological polar surface area (TPSA) is 116 Å². The van der Waals surface area contributed by atoms with Crippen LogP contribution in [0.1, 0.15) is 10.4 Å². The number of amides is 1. The van der Waals surface area contributed by atoms with E-state index in [0.29, 0.717) is 5.82 Å². The molecule has 0 unspecified atom stereocenters. The van der Waals surface area contributed by atoms with Crippen molar-refractivity contribution in [3.8, 4) is 5.82 Å². The molecule has 0 aliphatic carbocycles. The highest BCUT2D eigenvalue weighted by Gasteiger charge is 2.15. The van der Waals surface area contributed by atoms with Crippen molar-refractivity contribution in [2.75, 3.05) is 5.32 Å². The minimum absolute atomic E-state index is 0.0226. The number of hydrogen-bond donors (Lipinski definition) is 1. The van der Waals surface area contributed by atoms with Crippen LogP contribution in [0, 0.1) is 10.1 Å². The van der Waals surface area contributed by atoms with Crippen molar-refractivity contribution in [1.29, 1.82) is 0 Å². The van der Waals surface area contributed by atoms with Gasteiger partial charge in [-0.1, -0.05) is 11.6 Å². The molecule has 0 bridgehead atoms. The summed E-state index contributed by atoms with van der Waals surface area (Å²) in [5.41, 5.74) is -0.0916. The van der Waals surface area contributed by atoms with Crippen LogP contribution in [0.15, 0.2) is 49.3 Å². The van der Waals surface area contributed by atoms with Gasteiger partial charge >= 0.3 is 0 Å². The predicted octanol–water partition coefficient (Wildman–Crippen LogP) is 2.48. The number of nitro benzene ring substituents is 1. The molecular weight excluding hydrogens is 336 g/mol. The first-order valence-electron chi connectivity index (χ1n) is 6.60. The van der Waals surface area contributed by atoms with Gasteiger partial charge in [-0.05, 0) is 6.07 Å². The molecule has 2 aromatic heterocycles. The number of carbonyl (C=O) groups excluding carboxylic acids is 1. The Morgan fingerprint density at radius 3 is 2.79 bits per heavy atom. The molecule has 1 aromatic carbocycles. The Labute approximate surface area is 140 Å². The summed E-state index contributed by atoms with van der Waals surface area (Å²) in [6, 6.07) is 5.16. The SMILES string of the molecule is O=C(Nc1cc(-n2ccnc2)ncn1)c1ccc([N+](=O)[O-])cc1Cl. The number of hydrogen-bond acceptors (Lipinski definition) is 6. The molecule has 24 heavy (non-hydrogen) atoms. The van der Waals surface area contributed by atoms with Gasteiger partial charge in [-0.25, -0.2) is 15.0 Å². The Balaban J connectivity index is 1.83. The maximum Gasteiger partial charge on any atom is 0.270 e. The maximum atomic E-state index is 12.3. The van der Waals surface area contributed by atoms with Crippen molar-refractivity contribution in [2.45, 2.75) is 0 Å². The fourth-order valence-electron chi connectivity index (χ4n) is 1.94. The number of aromatic nitrogens is 4. The lowest BCUT2D eigenvalue weighted by Gasteiger charge is -2.07. The lowest BCUT2D eigenvalue weighted by atomic mass is 10.2. The molecule has 0 atom stereocenters. The van der Waals surface area contributed by atoms with E-state index in [2.05, 4.69) is 20.3 Å². The number of nitro groups is 1. The van der Waals surface area contributed by atoms with Crippen LogP contribution in [-0.2, 0) is 0 Å². The quantitative estimate of drug-likeness (QED) is 0.574. The third kappa shape index (κ3) is 3.20. The molecule has 120 valence electrons. The highest BCUT2D eigenvalue weighted by atomic mass is 35.5. The van der Waals surface area contributed by atoms with Gasteiger partial charge in [0.2, 0.25) is 0 Å². The summed E-state index contributed by atoms with van der Waals surface area (Å²) in [5, 5.41) is 13.2. The summed E-state index contributed by atoms with van der Waals surface area (Å²) in [5.74, 6) is 0.242. The summed E-state index contributed by atoms with van der Waals surface area (Å²) >= 11 is 5.94. The molecule has 0 aliphatic heterocycles. The van der Waals surface area contributed by atoms with Crippen molar-refractivity contribution in [3.63, 3.8) is 0 Å². The lowest BCUT2D eigenvalue weighted by molar-refractivity contribution is -0.384. The number of imidazole rings is 1. The van der Waals surface area contributed by atoms with Gasteiger partial charge in [0.15, 0.2) is 0 Å². The molecule has 9 nitrogen and oxygen atoms in total. The smallest absolute Gasteiger partial charge is 0.270 e. The van der Waals surface area contributed by atoms with Crippen LogP contribution in [0.25, 0.3) is 5.82 Å². The van der Waals surface area contributed by atoms with Crippen LogP contribution >= 0.6 is 11.6 Å². The van der Waals surface area contributed by atoms with Crippen molar-refractivity contribution in [1.82, 2.24) is 19.5 Å². The molecule has 1 N–H and O–H groups in total. The van der Waals surface area contributed by atoms with Crippen LogP contribution in [0.5, 0.6) is 0 Å². The van der Waals surface area contributed by atoms with Crippen LogP contribution < -0.4 is 5.32 Å². The minimum Gasteiger partial charge on any atom is -0.306 e. The number of halogens is 1. The maximum absolute atomic E-state index is 12.3. The molecule has 1 amide bonds. The first-order valence-corrected chi connectivity index (χ1v) is 6.98. The average molecular weight is 345 g/mol. The van der Waals surface area contributed by atoms with Gasteiger partial charge in [0.05, 0.1) is 15.5 Å². The number of nitrogens with one attached hydrogen (secondary N) is 1. The zero-order valence-electron chi connectivity index (χ0n) is 12.0. The molecule has 0 radical (unpaired) electrons. The second-order valence-electron chi connectivity index (χ2n) is 4.61. The first-order chi connectivity index (χ1) is 11.5.